The zero-order chi connectivity index (χ0) is 22.6. The zero-order valence-electron chi connectivity index (χ0n) is 18.0. The number of aliphatic carboxylic acids is 1. The van der Waals surface area contributed by atoms with E-state index in [1.54, 1.807) is 14.1 Å². The van der Waals surface area contributed by atoms with Gasteiger partial charge >= 0.3 is 5.97 Å². The maximum Gasteiger partial charge on any atom is 0.359 e. The molecule has 28 heavy (non-hydrogen) atoms. The number of quaternary nitrogens is 2. The average Bonchev–Trinajstić information content (AvgIpc) is 2.37. The van der Waals surface area contributed by atoms with Crippen molar-refractivity contribution in [1.82, 2.24) is 0 Å². The van der Waals surface area contributed by atoms with Gasteiger partial charge in [0.1, 0.15) is 31.1 Å². The molecule has 0 bridgehead atoms. The Bertz CT molecular complexity index is 532. The van der Waals surface area contributed by atoms with Gasteiger partial charge in [-0.05, 0) is 6.42 Å². The van der Waals surface area contributed by atoms with Gasteiger partial charge in [-0.25, -0.2) is 4.79 Å². The lowest BCUT2D eigenvalue weighted by molar-refractivity contribution is -0.896. The molecule has 0 rings (SSSR count). The largest absolute Gasteiger partial charge is 0.477 e. The number of aliphatic hydroxyl groups is 2. The third-order valence-electron chi connectivity index (χ3n) is 3.38. The number of nitrogens with zero attached hydrogens (tertiary/aromatic N) is 2. The number of hydrogen-bond donors (Lipinski definition) is 4. The van der Waals surface area contributed by atoms with E-state index in [1.807, 2.05) is 21.1 Å². The summed E-state index contributed by atoms with van der Waals surface area (Å²) in [7, 11) is 4.86. The van der Waals surface area contributed by atoms with Crippen molar-refractivity contribution in [2.75, 3.05) is 73.8 Å². The van der Waals surface area contributed by atoms with Crippen molar-refractivity contribution >= 4 is 16.1 Å². The van der Waals surface area contributed by atoms with E-state index in [2.05, 4.69) is 6.92 Å². The Labute approximate surface area is 169 Å². The minimum absolute atomic E-state index is 0.117. The van der Waals surface area contributed by atoms with Crippen molar-refractivity contribution in [3.8, 4) is 0 Å². The van der Waals surface area contributed by atoms with Gasteiger partial charge in [0.25, 0.3) is 10.1 Å². The van der Waals surface area contributed by atoms with Crippen molar-refractivity contribution in [3.05, 3.63) is 0 Å². The van der Waals surface area contributed by atoms with Crippen molar-refractivity contribution in [1.29, 1.82) is 0 Å². The molecule has 0 aromatic rings. The quantitative estimate of drug-likeness (QED) is 0.169. The molecule has 0 fully saturated rings. The molecule has 0 aromatic heterocycles. The molecule has 0 aromatic carbocycles. The summed E-state index contributed by atoms with van der Waals surface area (Å²) in [5.74, 6) is -1.45. The van der Waals surface area contributed by atoms with Gasteiger partial charge in [-0.2, -0.15) is 8.42 Å². The second-order valence-corrected chi connectivity index (χ2v) is 10.1. The number of rotatable bonds is 13. The van der Waals surface area contributed by atoms with Crippen LogP contribution in [0.15, 0.2) is 0 Å². The fourth-order valence-electron chi connectivity index (χ4n) is 2.44. The predicted octanol–water partition coefficient (Wildman–Crippen LogP) is -0.734. The highest BCUT2D eigenvalue weighted by atomic mass is 32.2. The number of ether oxygens (including phenoxy) is 1. The van der Waals surface area contributed by atoms with E-state index < -0.39 is 34.0 Å². The maximum absolute atomic E-state index is 10.7. The first-order chi connectivity index (χ1) is 12.5. The molecule has 11 heteroatoms. The van der Waals surface area contributed by atoms with E-state index in [0.717, 1.165) is 12.8 Å². The molecular weight excluding hydrogens is 392 g/mol. The number of carbonyl (C=O) groups is 1. The Morgan fingerprint density at radius 2 is 1.54 bits per heavy atom. The van der Waals surface area contributed by atoms with Crippen LogP contribution in [0.4, 0.5) is 0 Å². The van der Waals surface area contributed by atoms with Gasteiger partial charge in [-0.1, -0.05) is 13.3 Å². The summed E-state index contributed by atoms with van der Waals surface area (Å²) in [6.45, 7) is 3.50. The minimum Gasteiger partial charge on any atom is -0.477 e. The third-order valence-corrected chi connectivity index (χ3v) is 4.18. The first-order valence-electron chi connectivity index (χ1n) is 9.20. The summed E-state index contributed by atoms with van der Waals surface area (Å²) in [5, 5.41) is 27.7. The standard InChI is InChI=1S/C12H27NO6S.C5H11NO2/c1-4-5-6-19-9-11(14)7-13(2,3)8-12(15)10-20(16,17)18;1-6(2,3)4-5(7)8/h11-12,14-15H,4-10H2,1-3H3;4H2,1-3H3/p+2. The molecule has 0 amide bonds. The lowest BCUT2D eigenvalue weighted by Crippen LogP contribution is -2.51. The molecule has 2 unspecified atom stereocenters. The molecule has 0 spiro atoms. The highest BCUT2D eigenvalue weighted by molar-refractivity contribution is 7.85. The third kappa shape index (κ3) is 23.2. The molecule has 10 nitrogen and oxygen atoms in total. The fourth-order valence-corrected chi connectivity index (χ4v) is 3.03. The van der Waals surface area contributed by atoms with E-state index in [-0.39, 0.29) is 24.2 Å². The summed E-state index contributed by atoms with van der Waals surface area (Å²) in [6, 6.07) is 0. The maximum atomic E-state index is 10.7. The van der Waals surface area contributed by atoms with Crippen LogP contribution in [0, 0.1) is 0 Å². The minimum atomic E-state index is -4.19. The lowest BCUT2D eigenvalue weighted by Gasteiger charge is -2.33. The first kappa shape index (κ1) is 29.4. The van der Waals surface area contributed by atoms with Crippen molar-refractivity contribution in [2.24, 2.45) is 0 Å². The van der Waals surface area contributed by atoms with Gasteiger partial charge in [-0.3, -0.25) is 4.55 Å². The molecule has 0 aliphatic heterocycles. The van der Waals surface area contributed by atoms with Crippen LogP contribution in [0.2, 0.25) is 0 Å². The number of carboxylic acid groups (broad SMARTS) is 1. The Hall–Kier alpha value is -0.820. The zero-order valence-corrected chi connectivity index (χ0v) is 18.9. The second-order valence-electron chi connectivity index (χ2n) is 8.63. The van der Waals surface area contributed by atoms with Crippen LogP contribution in [-0.4, -0.2) is 129 Å². The topological polar surface area (TPSA) is 141 Å². The molecule has 0 saturated heterocycles. The van der Waals surface area contributed by atoms with Gasteiger partial charge in [0.2, 0.25) is 0 Å². The van der Waals surface area contributed by atoms with Crippen LogP contribution in [0.25, 0.3) is 0 Å². The van der Waals surface area contributed by atoms with Crippen LogP contribution in [0.1, 0.15) is 19.8 Å². The van der Waals surface area contributed by atoms with Crippen LogP contribution in [-0.2, 0) is 19.6 Å². The summed E-state index contributed by atoms with van der Waals surface area (Å²) < 4.78 is 36.0. The lowest BCUT2D eigenvalue weighted by atomic mass is 10.2. The predicted molar refractivity (Wildman–Crippen MR) is 107 cm³/mol. The number of likely N-dealkylation sites (N-methyl/N-ethyl adjacent to an activating group) is 2. The number of carboxylic acids is 1. The molecule has 0 saturated carbocycles. The smallest absolute Gasteiger partial charge is 0.359 e. The van der Waals surface area contributed by atoms with Gasteiger partial charge in [0.15, 0.2) is 6.54 Å². The normalized spacial score (nSPS) is 14.8. The highest BCUT2D eigenvalue weighted by Gasteiger charge is 2.26. The van der Waals surface area contributed by atoms with Crippen molar-refractivity contribution in [2.45, 2.75) is 32.0 Å². The van der Waals surface area contributed by atoms with E-state index in [0.29, 0.717) is 17.6 Å². The molecular formula is C17H40N2O8S+2. The molecule has 2 atom stereocenters. The van der Waals surface area contributed by atoms with Gasteiger partial charge in [0.05, 0.1) is 41.8 Å². The monoisotopic (exact) mass is 432 g/mol. The van der Waals surface area contributed by atoms with Gasteiger partial charge < -0.3 is 29.0 Å². The first-order valence-corrected chi connectivity index (χ1v) is 10.8. The van der Waals surface area contributed by atoms with E-state index in [1.165, 1.54) is 0 Å². The molecule has 0 aliphatic rings. The van der Waals surface area contributed by atoms with Gasteiger partial charge in [0, 0.05) is 6.61 Å². The van der Waals surface area contributed by atoms with E-state index >= 15 is 0 Å². The Kier molecular flexibility index (Phi) is 14.1. The SMILES string of the molecule is CCCCOCC(O)C[N+](C)(C)CC(O)CS(=O)(=O)O.C[N+](C)(C)CC(=O)O. The summed E-state index contributed by atoms with van der Waals surface area (Å²) in [5.41, 5.74) is 0. The van der Waals surface area contributed by atoms with E-state index in [4.69, 9.17) is 14.4 Å². The molecule has 170 valence electrons. The average molecular weight is 433 g/mol. The number of hydrogen-bond acceptors (Lipinski definition) is 6. The summed E-state index contributed by atoms with van der Waals surface area (Å²) in [4.78, 5) is 10.00. The summed E-state index contributed by atoms with van der Waals surface area (Å²) >= 11 is 0. The molecule has 4 N–H and O–H groups in total. The van der Waals surface area contributed by atoms with Crippen LogP contribution in [0.5, 0.6) is 0 Å². The van der Waals surface area contributed by atoms with Crippen molar-refractivity contribution < 1.29 is 46.8 Å². The van der Waals surface area contributed by atoms with E-state index in [9.17, 15) is 23.4 Å². The Balaban J connectivity index is 0. The van der Waals surface area contributed by atoms with Gasteiger partial charge in [-0.15, -0.1) is 0 Å². The van der Waals surface area contributed by atoms with Crippen LogP contribution < -0.4 is 0 Å². The Morgan fingerprint density at radius 1 is 1.04 bits per heavy atom. The second kappa shape index (κ2) is 13.4. The molecule has 0 aliphatic carbocycles. The van der Waals surface area contributed by atoms with Crippen LogP contribution >= 0.6 is 0 Å². The number of aliphatic hydroxyl groups excluding tert-OH is 2. The molecule has 0 heterocycles. The Morgan fingerprint density at radius 3 is 1.89 bits per heavy atom. The fraction of sp³-hybridized carbons (Fsp3) is 0.941. The number of unbranched alkanes of at least 4 members (excludes halogenated alkanes) is 1. The molecule has 0 radical (unpaired) electrons. The van der Waals surface area contributed by atoms with Crippen LogP contribution in [0.3, 0.4) is 0 Å². The summed E-state index contributed by atoms with van der Waals surface area (Å²) in [6.07, 6.45) is 0.116. The van der Waals surface area contributed by atoms with Crippen molar-refractivity contribution in [3.63, 3.8) is 0 Å². The highest BCUT2D eigenvalue weighted by Crippen LogP contribution is 2.05.